The summed E-state index contributed by atoms with van der Waals surface area (Å²) >= 11 is 1.44. The zero-order valence-corrected chi connectivity index (χ0v) is 15.7. The van der Waals surface area contributed by atoms with Crippen LogP contribution in [0.5, 0.6) is 0 Å². The molecule has 2 aromatic heterocycles. The van der Waals surface area contributed by atoms with E-state index in [2.05, 4.69) is 15.5 Å². The van der Waals surface area contributed by atoms with E-state index >= 15 is 0 Å². The summed E-state index contributed by atoms with van der Waals surface area (Å²) in [6.45, 7) is 5.47. The molecule has 0 aromatic carbocycles. The third kappa shape index (κ3) is 4.45. The average Bonchev–Trinajstić information content (AvgIpc) is 3.29. The smallest absolute Gasteiger partial charge is 0.233 e. The molecule has 0 radical (unpaired) electrons. The van der Waals surface area contributed by atoms with Crippen LogP contribution in [0.4, 0.5) is 0 Å². The number of thioether (sulfide) groups is 1. The maximum absolute atomic E-state index is 12.4. The lowest BCUT2D eigenvalue weighted by Gasteiger charge is -2.22. The van der Waals surface area contributed by atoms with Gasteiger partial charge in [-0.2, -0.15) is 0 Å². The molecule has 2 aromatic rings. The highest BCUT2D eigenvalue weighted by atomic mass is 32.2. The maximum atomic E-state index is 12.4. The monoisotopic (exact) mass is 362 g/mol. The molecule has 0 spiro atoms. The lowest BCUT2D eigenvalue weighted by molar-refractivity contribution is -0.120. The highest BCUT2D eigenvalue weighted by Crippen LogP contribution is 2.27. The van der Waals surface area contributed by atoms with Gasteiger partial charge in [-0.15, -0.1) is 10.2 Å². The van der Waals surface area contributed by atoms with Crippen molar-refractivity contribution in [3.05, 3.63) is 18.4 Å². The third-order valence-electron chi connectivity index (χ3n) is 4.72. The van der Waals surface area contributed by atoms with Crippen molar-refractivity contribution in [2.75, 3.05) is 6.54 Å². The first-order chi connectivity index (χ1) is 12.2. The van der Waals surface area contributed by atoms with Gasteiger partial charge in [-0.25, -0.2) is 0 Å². The molecular formula is C18H26N4O2S. The number of hydrogen-bond acceptors (Lipinski definition) is 5. The van der Waals surface area contributed by atoms with Crippen molar-refractivity contribution in [3.8, 4) is 11.6 Å². The fraction of sp³-hybridized carbons (Fsp3) is 0.611. The van der Waals surface area contributed by atoms with Crippen LogP contribution in [0.3, 0.4) is 0 Å². The Labute approximate surface area is 152 Å². The van der Waals surface area contributed by atoms with E-state index in [1.807, 2.05) is 30.5 Å². The van der Waals surface area contributed by atoms with Crippen molar-refractivity contribution in [1.82, 2.24) is 20.1 Å². The predicted molar refractivity (Wildman–Crippen MR) is 98.3 cm³/mol. The van der Waals surface area contributed by atoms with Crippen LogP contribution in [0.15, 0.2) is 28.0 Å². The number of aromatic nitrogens is 3. The molecule has 1 amide bonds. The van der Waals surface area contributed by atoms with E-state index in [0.717, 1.165) is 18.2 Å². The molecule has 2 heterocycles. The molecule has 1 N–H and O–H groups in total. The van der Waals surface area contributed by atoms with E-state index in [1.54, 1.807) is 6.26 Å². The highest BCUT2D eigenvalue weighted by Gasteiger charge is 2.22. The number of carbonyl (C=O) groups is 1. The molecule has 1 atom stereocenters. The maximum Gasteiger partial charge on any atom is 0.233 e. The van der Waals surface area contributed by atoms with Gasteiger partial charge in [-0.1, -0.05) is 31.0 Å². The Morgan fingerprint density at radius 2 is 2.20 bits per heavy atom. The molecule has 1 aliphatic carbocycles. The van der Waals surface area contributed by atoms with Gasteiger partial charge in [-0.05, 0) is 44.7 Å². The number of nitrogens with zero attached hydrogens (tertiary/aromatic N) is 3. The lowest BCUT2D eigenvalue weighted by atomic mass is 9.89. The summed E-state index contributed by atoms with van der Waals surface area (Å²) < 4.78 is 7.40. The number of furan rings is 1. The Hall–Kier alpha value is -1.76. The Kier molecular flexibility index (Phi) is 6.18. The Bertz CT molecular complexity index is 677. The number of nitrogens with one attached hydrogen (secondary N) is 1. The summed E-state index contributed by atoms with van der Waals surface area (Å²) in [6, 6.07) is 3.70. The molecule has 0 bridgehead atoms. The van der Waals surface area contributed by atoms with Gasteiger partial charge >= 0.3 is 0 Å². The average molecular weight is 362 g/mol. The largest absolute Gasteiger partial charge is 0.461 e. The van der Waals surface area contributed by atoms with Crippen LogP contribution in [0.2, 0.25) is 0 Å². The van der Waals surface area contributed by atoms with Crippen LogP contribution in [0, 0.1) is 5.92 Å². The molecule has 3 rings (SSSR count). The molecule has 1 unspecified atom stereocenters. The van der Waals surface area contributed by atoms with Gasteiger partial charge < -0.3 is 9.73 Å². The van der Waals surface area contributed by atoms with Crippen molar-refractivity contribution in [3.63, 3.8) is 0 Å². The normalized spacial score (nSPS) is 16.7. The van der Waals surface area contributed by atoms with Crippen LogP contribution in [-0.4, -0.2) is 32.5 Å². The van der Waals surface area contributed by atoms with Gasteiger partial charge in [0.25, 0.3) is 0 Å². The summed E-state index contributed by atoms with van der Waals surface area (Å²) in [5, 5.41) is 12.1. The summed E-state index contributed by atoms with van der Waals surface area (Å²) in [4.78, 5) is 12.4. The third-order valence-corrected chi connectivity index (χ3v) is 5.80. The van der Waals surface area contributed by atoms with Crippen LogP contribution < -0.4 is 5.32 Å². The molecule has 1 saturated carbocycles. The van der Waals surface area contributed by atoms with E-state index in [9.17, 15) is 4.79 Å². The zero-order valence-electron chi connectivity index (χ0n) is 14.9. The van der Waals surface area contributed by atoms with Crippen molar-refractivity contribution in [2.24, 2.45) is 5.92 Å². The molecule has 0 aliphatic heterocycles. The number of carbonyl (C=O) groups excluding carboxylic acids is 1. The van der Waals surface area contributed by atoms with Crippen molar-refractivity contribution < 1.29 is 9.21 Å². The minimum absolute atomic E-state index is 0.0702. The minimum Gasteiger partial charge on any atom is -0.461 e. The second-order valence-corrected chi connectivity index (χ2v) is 7.84. The van der Waals surface area contributed by atoms with E-state index in [4.69, 9.17) is 4.42 Å². The first-order valence-electron chi connectivity index (χ1n) is 9.10. The van der Waals surface area contributed by atoms with Crippen LogP contribution >= 0.6 is 11.8 Å². The highest BCUT2D eigenvalue weighted by molar-refractivity contribution is 8.00. The zero-order chi connectivity index (χ0) is 17.6. The summed E-state index contributed by atoms with van der Waals surface area (Å²) in [5.41, 5.74) is 0. The molecule has 6 nitrogen and oxygen atoms in total. The van der Waals surface area contributed by atoms with Crippen molar-refractivity contribution >= 4 is 17.7 Å². The van der Waals surface area contributed by atoms with Gasteiger partial charge in [0.05, 0.1) is 11.5 Å². The molecule has 1 aliphatic rings. The lowest BCUT2D eigenvalue weighted by Crippen LogP contribution is -2.35. The Morgan fingerprint density at radius 3 is 2.88 bits per heavy atom. The molecule has 0 saturated heterocycles. The predicted octanol–water partition coefficient (Wildman–Crippen LogP) is 3.74. The molecule has 1 fully saturated rings. The van der Waals surface area contributed by atoms with Crippen molar-refractivity contribution in [2.45, 2.75) is 62.9 Å². The summed E-state index contributed by atoms with van der Waals surface area (Å²) in [5.74, 6) is 2.10. The first-order valence-corrected chi connectivity index (χ1v) is 9.98. The fourth-order valence-electron chi connectivity index (χ4n) is 3.24. The number of amides is 1. The second-order valence-electron chi connectivity index (χ2n) is 6.54. The quantitative estimate of drug-likeness (QED) is 0.760. The van der Waals surface area contributed by atoms with E-state index < -0.39 is 0 Å². The molecule has 25 heavy (non-hydrogen) atoms. The second kappa shape index (κ2) is 8.56. The standard InChI is InChI=1S/C18H26N4O2S/c1-3-22-16(15-10-7-11-24-15)20-21-18(22)25-13(2)17(23)19-12-14-8-5-4-6-9-14/h7,10-11,13-14H,3-6,8-9,12H2,1-2H3,(H,19,23). The van der Waals surface area contributed by atoms with Gasteiger partial charge in [-0.3, -0.25) is 9.36 Å². The van der Waals surface area contributed by atoms with E-state index in [-0.39, 0.29) is 11.2 Å². The van der Waals surface area contributed by atoms with Crippen LogP contribution in [0.25, 0.3) is 11.6 Å². The summed E-state index contributed by atoms with van der Waals surface area (Å²) in [7, 11) is 0. The van der Waals surface area contributed by atoms with Crippen LogP contribution in [0.1, 0.15) is 46.0 Å². The Morgan fingerprint density at radius 1 is 1.40 bits per heavy atom. The minimum atomic E-state index is -0.206. The topological polar surface area (TPSA) is 73.0 Å². The van der Waals surface area contributed by atoms with E-state index in [0.29, 0.717) is 17.5 Å². The molecular weight excluding hydrogens is 336 g/mol. The number of hydrogen-bond donors (Lipinski definition) is 1. The molecule has 7 heteroatoms. The SMILES string of the molecule is CCn1c(SC(C)C(=O)NCC2CCCCC2)nnc1-c1ccco1. The molecule has 136 valence electrons. The van der Waals surface area contributed by atoms with Gasteiger partial charge in [0.2, 0.25) is 5.91 Å². The fourth-order valence-corrected chi connectivity index (χ4v) is 4.18. The first kappa shape index (κ1) is 18.0. The van der Waals surface area contributed by atoms with Gasteiger partial charge in [0.15, 0.2) is 16.7 Å². The van der Waals surface area contributed by atoms with Gasteiger partial charge in [0, 0.05) is 13.1 Å². The summed E-state index contributed by atoms with van der Waals surface area (Å²) in [6.07, 6.45) is 8.01. The van der Waals surface area contributed by atoms with Gasteiger partial charge in [0.1, 0.15) is 0 Å². The number of rotatable bonds is 7. The van der Waals surface area contributed by atoms with Crippen molar-refractivity contribution in [1.29, 1.82) is 0 Å². The van der Waals surface area contributed by atoms with Crippen LogP contribution in [-0.2, 0) is 11.3 Å². The Balaban J connectivity index is 1.58. The van der Waals surface area contributed by atoms with E-state index in [1.165, 1.54) is 43.9 Å².